The summed E-state index contributed by atoms with van der Waals surface area (Å²) in [5.74, 6) is -1.07. The second-order valence-corrected chi connectivity index (χ2v) is 9.92. The Kier molecular flexibility index (Phi) is 7.51. The summed E-state index contributed by atoms with van der Waals surface area (Å²) in [6.07, 6.45) is -4.49. The van der Waals surface area contributed by atoms with Gasteiger partial charge in [0.25, 0.3) is 0 Å². The zero-order chi connectivity index (χ0) is 26.0. The molecule has 1 aliphatic heterocycles. The Labute approximate surface area is 210 Å². The van der Waals surface area contributed by atoms with Crippen LogP contribution in [-0.2, 0) is 28.7 Å². The molecule has 0 unspecified atom stereocenters. The third-order valence-corrected chi connectivity index (χ3v) is 7.08. The fourth-order valence-corrected chi connectivity index (χ4v) is 5.59. The molecule has 0 bridgehead atoms. The van der Waals surface area contributed by atoms with E-state index in [0.29, 0.717) is 48.1 Å². The molecule has 0 aliphatic carbocycles. The maximum absolute atomic E-state index is 13.2. The van der Waals surface area contributed by atoms with Crippen molar-refractivity contribution < 1.29 is 27.9 Å². The van der Waals surface area contributed by atoms with Crippen LogP contribution in [0, 0.1) is 6.92 Å². The number of aromatic nitrogens is 1. The molecule has 1 saturated heterocycles. The monoisotopic (exact) mass is 520 g/mol. The van der Waals surface area contributed by atoms with Gasteiger partial charge in [-0.25, -0.2) is 4.98 Å². The molecule has 2 heterocycles. The largest absolute Gasteiger partial charge is 0.481 e. The number of carbonyl (C=O) groups excluding carboxylic acids is 1. The normalized spacial score (nSPS) is 16.9. The molecule has 2 aromatic carbocycles. The van der Waals surface area contributed by atoms with Gasteiger partial charge in [0, 0.05) is 32.7 Å². The summed E-state index contributed by atoms with van der Waals surface area (Å²) in [5.41, 5.74) is 2.40. The van der Waals surface area contributed by atoms with Crippen LogP contribution < -0.4 is 10.2 Å². The van der Waals surface area contributed by atoms with E-state index in [1.165, 1.54) is 6.07 Å². The Morgan fingerprint density at radius 2 is 1.92 bits per heavy atom. The first-order valence-corrected chi connectivity index (χ1v) is 12.4. The number of carboxylic acid groups (broad SMARTS) is 1. The Hall–Kier alpha value is -3.18. The zero-order valence-electron chi connectivity index (χ0n) is 19.9. The van der Waals surface area contributed by atoms with Gasteiger partial charge in [-0.1, -0.05) is 35.1 Å². The number of anilines is 1. The Bertz CT molecular complexity index is 1280. The van der Waals surface area contributed by atoms with Crippen LogP contribution in [0.2, 0.25) is 0 Å². The zero-order valence-corrected chi connectivity index (χ0v) is 20.7. The number of nitrogens with one attached hydrogen (secondary N) is 1. The first-order chi connectivity index (χ1) is 17.0. The van der Waals surface area contributed by atoms with Gasteiger partial charge >= 0.3 is 12.1 Å². The number of thiazole rings is 1. The number of piperazine rings is 1. The predicted octanol–water partition coefficient (Wildman–Crippen LogP) is 4.08. The maximum atomic E-state index is 13.2. The minimum absolute atomic E-state index is 0.0579. The average Bonchev–Trinajstić information content (AvgIpc) is 3.21. The molecule has 1 fully saturated rings. The number of benzene rings is 2. The lowest BCUT2D eigenvalue weighted by Crippen LogP contribution is -2.59. The van der Waals surface area contributed by atoms with Gasteiger partial charge in [-0.05, 0) is 43.2 Å². The molecule has 11 heteroatoms. The predicted molar refractivity (Wildman–Crippen MR) is 132 cm³/mol. The number of carboxylic acids is 1. The van der Waals surface area contributed by atoms with Crippen LogP contribution >= 0.6 is 11.3 Å². The fraction of sp³-hybridized carbons (Fsp3) is 0.400. The lowest BCUT2D eigenvalue weighted by molar-refractivity contribution is -0.138. The van der Waals surface area contributed by atoms with Crippen molar-refractivity contribution in [2.45, 2.75) is 39.0 Å². The number of likely N-dealkylation sites (N-methyl/N-ethyl adjacent to an activating group) is 1. The highest BCUT2D eigenvalue weighted by Gasteiger charge is 2.35. The molecule has 1 atom stereocenters. The smallest absolute Gasteiger partial charge is 0.416 e. The van der Waals surface area contributed by atoms with Gasteiger partial charge in [-0.3, -0.25) is 14.5 Å². The molecule has 7 nitrogen and oxygen atoms in total. The number of rotatable bonds is 7. The Morgan fingerprint density at radius 3 is 2.61 bits per heavy atom. The molecule has 192 valence electrons. The SMILES string of the molecule is CCNC(=O)[C@@H]1CN(Cc2cc(C)cc(CC(=O)O)c2)CCN1c1nc2ccc(C(F)(F)F)cc2s1. The third kappa shape index (κ3) is 5.96. The van der Waals surface area contributed by atoms with E-state index < -0.39 is 23.8 Å². The van der Waals surface area contributed by atoms with Crippen LogP contribution in [0.1, 0.15) is 29.2 Å². The second-order valence-electron chi connectivity index (χ2n) is 8.91. The molecule has 0 radical (unpaired) electrons. The molecule has 36 heavy (non-hydrogen) atoms. The molecular formula is C25H27F3N4O3S. The highest BCUT2D eigenvalue weighted by atomic mass is 32.1. The van der Waals surface area contributed by atoms with E-state index in [1.807, 2.05) is 36.9 Å². The number of hydrogen-bond donors (Lipinski definition) is 2. The van der Waals surface area contributed by atoms with Crippen molar-refractivity contribution in [1.82, 2.24) is 15.2 Å². The van der Waals surface area contributed by atoms with Crippen LogP contribution in [0.25, 0.3) is 10.2 Å². The third-order valence-electron chi connectivity index (χ3n) is 6.03. The minimum Gasteiger partial charge on any atom is -0.481 e. The summed E-state index contributed by atoms with van der Waals surface area (Å²) < 4.78 is 39.9. The van der Waals surface area contributed by atoms with E-state index in [1.54, 1.807) is 0 Å². The van der Waals surface area contributed by atoms with Crippen molar-refractivity contribution in [2.75, 3.05) is 31.1 Å². The number of fused-ring (bicyclic) bond motifs is 1. The Morgan fingerprint density at radius 1 is 1.17 bits per heavy atom. The lowest BCUT2D eigenvalue weighted by Gasteiger charge is -2.40. The van der Waals surface area contributed by atoms with Gasteiger partial charge in [0.1, 0.15) is 6.04 Å². The van der Waals surface area contributed by atoms with Crippen molar-refractivity contribution in [3.05, 3.63) is 58.7 Å². The molecule has 1 amide bonds. The number of nitrogens with zero attached hydrogens (tertiary/aromatic N) is 3. The highest BCUT2D eigenvalue weighted by Crippen LogP contribution is 2.36. The number of carbonyl (C=O) groups is 2. The fourth-order valence-electron chi connectivity index (χ4n) is 4.51. The molecule has 4 rings (SSSR count). The summed E-state index contributed by atoms with van der Waals surface area (Å²) >= 11 is 1.15. The van der Waals surface area contributed by atoms with E-state index >= 15 is 0 Å². The minimum atomic E-state index is -4.44. The molecule has 2 N–H and O–H groups in total. The lowest BCUT2D eigenvalue weighted by atomic mass is 10.0. The van der Waals surface area contributed by atoms with Crippen LogP contribution in [0.4, 0.5) is 18.3 Å². The van der Waals surface area contributed by atoms with Gasteiger partial charge in [0.2, 0.25) is 5.91 Å². The van der Waals surface area contributed by atoms with Gasteiger partial charge in [-0.15, -0.1) is 0 Å². The van der Waals surface area contributed by atoms with Crippen molar-refractivity contribution in [3.8, 4) is 0 Å². The van der Waals surface area contributed by atoms with Crippen molar-refractivity contribution in [3.63, 3.8) is 0 Å². The number of hydrogen-bond acceptors (Lipinski definition) is 6. The van der Waals surface area contributed by atoms with Gasteiger partial charge in [0.15, 0.2) is 5.13 Å². The van der Waals surface area contributed by atoms with Crippen LogP contribution in [-0.4, -0.2) is 59.1 Å². The van der Waals surface area contributed by atoms with E-state index in [0.717, 1.165) is 40.2 Å². The summed E-state index contributed by atoms with van der Waals surface area (Å²) in [5, 5.41) is 12.5. The average molecular weight is 521 g/mol. The van der Waals surface area contributed by atoms with E-state index in [9.17, 15) is 22.8 Å². The van der Waals surface area contributed by atoms with Crippen molar-refractivity contribution in [1.29, 1.82) is 0 Å². The molecule has 0 saturated carbocycles. The topological polar surface area (TPSA) is 85.8 Å². The quantitative estimate of drug-likeness (QED) is 0.489. The second kappa shape index (κ2) is 10.4. The molecule has 0 spiro atoms. The van der Waals surface area contributed by atoms with Gasteiger partial charge < -0.3 is 15.3 Å². The van der Waals surface area contributed by atoms with Gasteiger partial charge in [-0.2, -0.15) is 13.2 Å². The highest BCUT2D eigenvalue weighted by molar-refractivity contribution is 7.22. The summed E-state index contributed by atoms with van der Waals surface area (Å²) in [7, 11) is 0. The first kappa shape index (κ1) is 25.9. The van der Waals surface area contributed by atoms with E-state index in [-0.39, 0.29) is 12.3 Å². The van der Waals surface area contributed by atoms with E-state index in [2.05, 4.69) is 15.2 Å². The molecule has 1 aliphatic rings. The summed E-state index contributed by atoms with van der Waals surface area (Å²) in [4.78, 5) is 32.7. The Balaban J connectivity index is 1.57. The van der Waals surface area contributed by atoms with E-state index in [4.69, 9.17) is 5.11 Å². The van der Waals surface area contributed by atoms with Crippen LogP contribution in [0.3, 0.4) is 0 Å². The summed E-state index contributed by atoms with van der Waals surface area (Å²) in [6.45, 7) is 6.24. The molecule has 1 aromatic heterocycles. The van der Waals surface area contributed by atoms with Crippen LogP contribution in [0.15, 0.2) is 36.4 Å². The number of halogens is 3. The van der Waals surface area contributed by atoms with Crippen molar-refractivity contribution >= 4 is 38.6 Å². The summed E-state index contributed by atoms with van der Waals surface area (Å²) in [6, 6.07) is 8.65. The number of aryl methyl sites for hydroxylation is 1. The standard InChI is InChI=1S/C25H27F3N4O3S/c1-3-29-23(35)20-14-31(13-17-9-15(2)8-16(10-17)11-22(33)34)6-7-32(20)24-30-19-5-4-18(25(26,27)28)12-21(19)36-24/h4-5,8-10,12,20H,3,6-7,11,13-14H2,1-2H3,(H,29,35)(H,33,34)/t20-/m0/s1. The maximum Gasteiger partial charge on any atom is 0.416 e. The number of amides is 1. The van der Waals surface area contributed by atoms with Crippen LogP contribution in [0.5, 0.6) is 0 Å². The first-order valence-electron chi connectivity index (χ1n) is 11.6. The number of aliphatic carboxylic acids is 1. The molecule has 3 aromatic rings. The molecular weight excluding hydrogens is 493 g/mol. The van der Waals surface area contributed by atoms with Crippen molar-refractivity contribution in [2.24, 2.45) is 0 Å². The number of alkyl halides is 3. The van der Waals surface area contributed by atoms with Gasteiger partial charge in [0.05, 0.1) is 22.2 Å².